The van der Waals surface area contributed by atoms with Crippen molar-refractivity contribution in [2.24, 2.45) is 0 Å². The second-order valence-electron chi connectivity index (χ2n) is 6.06. The number of hydrogen-bond acceptors (Lipinski definition) is 5. The molecule has 0 aliphatic carbocycles. The van der Waals surface area contributed by atoms with Crippen molar-refractivity contribution in [3.05, 3.63) is 47.9 Å². The smallest absolute Gasteiger partial charge is 0.238 e. The summed E-state index contributed by atoms with van der Waals surface area (Å²) in [6, 6.07) is 7.91. The zero-order valence-corrected chi connectivity index (χ0v) is 13.5. The first-order valence-electron chi connectivity index (χ1n) is 8.14. The Bertz CT molecular complexity index is 646. The third kappa shape index (κ3) is 4.27. The van der Waals surface area contributed by atoms with Crippen molar-refractivity contribution in [3.8, 4) is 11.6 Å². The van der Waals surface area contributed by atoms with Gasteiger partial charge >= 0.3 is 0 Å². The maximum Gasteiger partial charge on any atom is 0.238 e. The predicted octanol–water partition coefficient (Wildman–Crippen LogP) is 2.75. The molecule has 1 atom stereocenters. The monoisotopic (exact) mass is 313 g/mol. The quantitative estimate of drug-likeness (QED) is 0.920. The van der Waals surface area contributed by atoms with Crippen molar-refractivity contribution in [2.75, 3.05) is 26.2 Å². The average molecular weight is 313 g/mol. The van der Waals surface area contributed by atoms with Crippen LogP contribution in [0.25, 0.3) is 0 Å². The van der Waals surface area contributed by atoms with E-state index in [0.29, 0.717) is 11.8 Å². The Morgan fingerprint density at radius 3 is 3.09 bits per heavy atom. The number of β-amino-alcohol motifs (C(OH)–C–C–N with tert-alkyl or cyclic N) is 1. The lowest BCUT2D eigenvalue weighted by Gasteiger charge is -2.31. The second-order valence-corrected chi connectivity index (χ2v) is 6.06. The van der Waals surface area contributed by atoms with E-state index < -0.39 is 0 Å². The van der Waals surface area contributed by atoms with Gasteiger partial charge in [0.2, 0.25) is 5.88 Å². The van der Waals surface area contributed by atoms with Crippen molar-refractivity contribution < 1.29 is 9.84 Å². The Labute approximate surface area is 137 Å². The highest BCUT2D eigenvalue weighted by Crippen LogP contribution is 2.27. The highest BCUT2D eigenvalue weighted by atomic mass is 16.5. The van der Waals surface area contributed by atoms with E-state index in [-0.39, 0.29) is 6.61 Å². The van der Waals surface area contributed by atoms with E-state index in [0.717, 1.165) is 49.5 Å². The highest BCUT2D eigenvalue weighted by molar-refractivity contribution is 5.30. The van der Waals surface area contributed by atoms with E-state index in [1.807, 2.05) is 37.4 Å². The van der Waals surface area contributed by atoms with Crippen LogP contribution in [0.1, 0.15) is 30.0 Å². The molecule has 1 aliphatic heterocycles. The van der Waals surface area contributed by atoms with Gasteiger partial charge in [0.15, 0.2) is 0 Å². The van der Waals surface area contributed by atoms with Gasteiger partial charge in [0.25, 0.3) is 0 Å². The molecule has 0 bridgehead atoms. The molecule has 23 heavy (non-hydrogen) atoms. The third-order valence-corrected chi connectivity index (χ3v) is 4.18. The zero-order valence-electron chi connectivity index (χ0n) is 13.5. The van der Waals surface area contributed by atoms with Gasteiger partial charge in [-0.25, -0.2) is 4.98 Å². The number of ether oxygens (including phenoxy) is 1. The summed E-state index contributed by atoms with van der Waals surface area (Å²) in [5, 5.41) is 9.12. The van der Waals surface area contributed by atoms with E-state index in [1.54, 1.807) is 6.20 Å². The molecule has 2 aromatic rings. The summed E-state index contributed by atoms with van der Waals surface area (Å²) in [5.41, 5.74) is 2.12. The van der Waals surface area contributed by atoms with Crippen molar-refractivity contribution in [1.29, 1.82) is 0 Å². The topological polar surface area (TPSA) is 58.5 Å². The molecule has 1 aromatic heterocycles. The molecule has 2 heterocycles. The van der Waals surface area contributed by atoms with Crippen molar-refractivity contribution in [3.63, 3.8) is 0 Å². The van der Waals surface area contributed by atoms with E-state index in [4.69, 9.17) is 9.84 Å². The van der Waals surface area contributed by atoms with Crippen LogP contribution in [0.4, 0.5) is 0 Å². The molecule has 1 fully saturated rings. The first-order chi connectivity index (χ1) is 11.2. The van der Waals surface area contributed by atoms with Crippen molar-refractivity contribution in [1.82, 2.24) is 14.9 Å². The van der Waals surface area contributed by atoms with Gasteiger partial charge in [-0.05, 0) is 44.0 Å². The molecule has 0 spiro atoms. The minimum Gasteiger partial charge on any atom is -0.437 e. The molecule has 0 saturated carbocycles. The number of rotatable bonds is 5. The summed E-state index contributed by atoms with van der Waals surface area (Å²) in [5.74, 6) is 1.67. The fourth-order valence-electron chi connectivity index (χ4n) is 3.05. The average Bonchev–Trinajstić information content (AvgIpc) is 2.56. The summed E-state index contributed by atoms with van der Waals surface area (Å²) < 4.78 is 5.84. The second kappa shape index (κ2) is 7.53. The van der Waals surface area contributed by atoms with E-state index in [1.165, 1.54) is 0 Å². The number of nitrogens with zero attached hydrogens (tertiary/aromatic N) is 3. The number of likely N-dealkylation sites (tertiary alicyclic amines) is 1. The van der Waals surface area contributed by atoms with Gasteiger partial charge in [-0.1, -0.05) is 12.1 Å². The van der Waals surface area contributed by atoms with Gasteiger partial charge in [-0.3, -0.25) is 4.98 Å². The number of piperidine rings is 1. The van der Waals surface area contributed by atoms with Crippen LogP contribution in [0.3, 0.4) is 0 Å². The number of aryl methyl sites for hydroxylation is 1. The van der Waals surface area contributed by atoms with Gasteiger partial charge in [0.05, 0.1) is 18.5 Å². The summed E-state index contributed by atoms with van der Waals surface area (Å²) in [6.07, 6.45) is 5.70. The third-order valence-electron chi connectivity index (χ3n) is 4.18. The lowest BCUT2D eigenvalue weighted by atomic mass is 9.95. The maximum atomic E-state index is 9.12. The fourth-order valence-corrected chi connectivity index (χ4v) is 3.05. The minimum atomic E-state index is 0.203. The van der Waals surface area contributed by atoms with Crippen LogP contribution in [0, 0.1) is 6.92 Å². The van der Waals surface area contributed by atoms with E-state index in [2.05, 4.69) is 14.9 Å². The summed E-state index contributed by atoms with van der Waals surface area (Å²) >= 11 is 0. The Hall–Kier alpha value is -1.98. The number of aromatic nitrogens is 2. The molecule has 1 saturated heterocycles. The molecule has 1 aliphatic rings. The van der Waals surface area contributed by atoms with Crippen LogP contribution in [0.15, 0.2) is 36.7 Å². The molecule has 5 nitrogen and oxygen atoms in total. The summed E-state index contributed by atoms with van der Waals surface area (Å²) in [6.45, 7) is 4.93. The minimum absolute atomic E-state index is 0.203. The number of aliphatic hydroxyl groups excluding tert-OH is 1. The first kappa shape index (κ1) is 15.9. The van der Waals surface area contributed by atoms with Gasteiger partial charge < -0.3 is 14.7 Å². The number of aliphatic hydroxyl groups is 1. The number of hydrogen-bond donors (Lipinski definition) is 1. The molecule has 3 rings (SSSR count). The largest absolute Gasteiger partial charge is 0.437 e. The summed E-state index contributed by atoms with van der Waals surface area (Å²) in [7, 11) is 0. The Balaban J connectivity index is 1.72. The molecule has 1 aromatic carbocycles. The molecular weight excluding hydrogens is 290 g/mol. The standard InChI is InChI=1S/C18H23N3O2/c1-14-4-2-6-16(10-14)23-18-12-19-11-17(20-18)15-5-3-7-21(13-15)8-9-22/h2,4,6,10-12,15,22H,3,5,7-9,13H2,1H3/t15-/m0/s1. The number of benzene rings is 1. The lowest BCUT2D eigenvalue weighted by molar-refractivity contribution is 0.160. The van der Waals surface area contributed by atoms with Crippen LogP contribution in [0.5, 0.6) is 11.6 Å². The predicted molar refractivity (Wildman–Crippen MR) is 88.8 cm³/mol. The van der Waals surface area contributed by atoms with Crippen LogP contribution >= 0.6 is 0 Å². The van der Waals surface area contributed by atoms with Gasteiger partial charge in [-0.2, -0.15) is 0 Å². The van der Waals surface area contributed by atoms with Gasteiger partial charge in [-0.15, -0.1) is 0 Å². The van der Waals surface area contributed by atoms with Crippen molar-refractivity contribution in [2.45, 2.75) is 25.7 Å². The van der Waals surface area contributed by atoms with Crippen molar-refractivity contribution >= 4 is 0 Å². The van der Waals surface area contributed by atoms with E-state index >= 15 is 0 Å². The maximum absolute atomic E-state index is 9.12. The highest BCUT2D eigenvalue weighted by Gasteiger charge is 2.22. The molecular formula is C18H23N3O2. The first-order valence-corrected chi connectivity index (χ1v) is 8.14. The normalized spacial score (nSPS) is 18.8. The Kier molecular flexibility index (Phi) is 5.20. The van der Waals surface area contributed by atoms with Crippen LogP contribution in [-0.4, -0.2) is 46.2 Å². The zero-order chi connectivity index (χ0) is 16.1. The van der Waals surface area contributed by atoms with Gasteiger partial charge in [0, 0.05) is 25.2 Å². The molecule has 0 radical (unpaired) electrons. The lowest BCUT2D eigenvalue weighted by Crippen LogP contribution is -2.36. The van der Waals surface area contributed by atoms with Crippen LogP contribution in [-0.2, 0) is 0 Å². The SMILES string of the molecule is Cc1cccc(Oc2cncc([C@H]3CCCN(CCO)C3)n2)c1. The molecule has 122 valence electrons. The van der Waals surface area contributed by atoms with Crippen LogP contribution in [0.2, 0.25) is 0 Å². The fraction of sp³-hybridized carbons (Fsp3) is 0.444. The van der Waals surface area contributed by atoms with Gasteiger partial charge in [0.1, 0.15) is 5.75 Å². The summed E-state index contributed by atoms with van der Waals surface area (Å²) in [4.78, 5) is 11.2. The Morgan fingerprint density at radius 1 is 1.35 bits per heavy atom. The molecule has 0 amide bonds. The Morgan fingerprint density at radius 2 is 2.26 bits per heavy atom. The molecule has 1 N–H and O–H groups in total. The van der Waals surface area contributed by atoms with Crippen LogP contribution < -0.4 is 4.74 Å². The molecule has 0 unspecified atom stereocenters. The molecule has 5 heteroatoms. The van der Waals surface area contributed by atoms with E-state index in [9.17, 15) is 0 Å².